The van der Waals surface area contributed by atoms with E-state index in [0.29, 0.717) is 12.1 Å². The predicted octanol–water partition coefficient (Wildman–Crippen LogP) is 3.50. The van der Waals surface area contributed by atoms with E-state index in [-0.39, 0.29) is 0 Å². The molecule has 0 radical (unpaired) electrons. The molecule has 1 fully saturated rings. The number of hydrogen-bond acceptors (Lipinski definition) is 3. The molecule has 0 bridgehead atoms. The van der Waals surface area contributed by atoms with Crippen molar-refractivity contribution in [3.05, 3.63) is 35.4 Å². The molecule has 0 amide bonds. The molecular weight excluding hydrogens is 234 g/mol. The Labute approximate surface area is 115 Å². The van der Waals surface area contributed by atoms with Gasteiger partial charge in [0.25, 0.3) is 0 Å². The molecule has 3 nitrogen and oxygen atoms in total. The minimum absolute atomic E-state index is 0.533. The first-order valence-electron chi connectivity index (χ1n) is 6.86. The molecule has 0 atom stereocenters. The number of nitrogens with zero attached hydrogens (tertiary/aromatic N) is 2. The summed E-state index contributed by atoms with van der Waals surface area (Å²) in [6.45, 7) is 0.533. The highest BCUT2D eigenvalue weighted by molar-refractivity contribution is 5.31. The van der Waals surface area contributed by atoms with Gasteiger partial charge in [-0.3, -0.25) is 0 Å². The van der Waals surface area contributed by atoms with Crippen molar-refractivity contribution < 1.29 is 0 Å². The van der Waals surface area contributed by atoms with Gasteiger partial charge in [0.1, 0.15) is 0 Å². The van der Waals surface area contributed by atoms with Crippen LogP contribution in [0, 0.1) is 28.6 Å². The molecule has 100 valence electrons. The molecule has 0 heterocycles. The van der Waals surface area contributed by atoms with Crippen molar-refractivity contribution in [3.8, 4) is 12.1 Å². The summed E-state index contributed by atoms with van der Waals surface area (Å²) in [5, 5.41) is 16.8. The molecule has 0 spiro atoms. The fourth-order valence-corrected chi connectivity index (χ4v) is 2.24. The molecule has 0 saturated heterocycles. The second-order valence-corrected chi connectivity index (χ2v) is 4.88. The first-order chi connectivity index (χ1) is 9.30. The standard InChI is InChI=1S/C8H8N2.C8H13N/c9-5-7-1-2-8(6-10)4-3-7;9-7-6-8-4-2-1-3-5-8/h1-4H,5,9H2;8H,1-6H2. The summed E-state index contributed by atoms with van der Waals surface area (Å²) in [6, 6.07) is 11.5. The maximum absolute atomic E-state index is 8.42. The lowest BCUT2D eigenvalue weighted by Gasteiger charge is -2.17. The van der Waals surface area contributed by atoms with Gasteiger partial charge in [-0.1, -0.05) is 31.4 Å². The normalized spacial score (nSPS) is 14.7. The largest absolute Gasteiger partial charge is 0.326 e. The minimum atomic E-state index is 0.533. The number of nitriles is 2. The first-order valence-corrected chi connectivity index (χ1v) is 6.86. The molecule has 2 rings (SSSR count). The molecule has 1 aromatic carbocycles. The van der Waals surface area contributed by atoms with Gasteiger partial charge in [-0.05, 0) is 36.5 Å². The van der Waals surface area contributed by atoms with Crippen LogP contribution >= 0.6 is 0 Å². The molecule has 0 aromatic heterocycles. The van der Waals surface area contributed by atoms with Crippen LogP contribution in [0.5, 0.6) is 0 Å². The first kappa shape index (κ1) is 15.2. The molecule has 1 saturated carbocycles. The van der Waals surface area contributed by atoms with Gasteiger partial charge in [-0.15, -0.1) is 0 Å². The van der Waals surface area contributed by atoms with Gasteiger partial charge in [0.2, 0.25) is 0 Å². The number of hydrogen-bond donors (Lipinski definition) is 1. The predicted molar refractivity (Wildman–Crippen MR) is 75.9 cm³/mol. The van der Waals surface area contributed by atoms with Crippen LogP contribution < -0.4 is 5.73 Å². The second-order valence-electron chi connectivity index (χ2n) is 4.88. The van der Waals surface area contributed by atoms with Crippen LogP contribution in [-0.4, -0.2) is 0 Å². The van der Waals surface area contributed by atoms with Crippen LogP contribution in [0.1, 0.15) is 49.7 Å². The SMILES string of the molecule is N#CCC1CCCCC1.N#Cc1ccc(CN)cc1. The average molecular weight is 255 g/mol. The Morgan fingerprint density at radius 1 is 1.05 bits per heavy atom. The smallest absolute Gasteiger partial charge is 0.0991 e. The van der Waals surface area contributed by atoms with Crippen molar-refractivity contribution >= 4 is 0 Å². The Morgan fingerprint density at radius 3 is 2.16 bits per heavy atom. The molecule has 1 aliphatic carbocycles. The van der Waals surface area contributed by atoms with Gasteiger partial charge < -0.3 is 5.73 Å². The Balaban J connectivity index is 0.000000191. The second kappa shape index (κ2) is 9.14. The van der Waals surface area contributed by atoms with Gasteiger partial charge in [0, 0.05) is 13.0 Å². The number of benzene rings is 1. The molecule has 19 heavy (non-hydrogen) atoms. The zero-order valence-electron chi connectivity index (χ0n) is 11.3. The highest BCUT2D eigenvalue weighted by atomic mass is 14.5. The van der Waals surface area contributed by atoms with Crippen molar-refractivity contribution in [1.82, 2.24) is 0 Å². The molecule has 1 aromatic rings. The number of rotatable bonds is 2. The van der Waals surface area contributed by atoms with Crippen molar-refractivity contribution in [2.45, 2.75) is 45.1 Å². The third-order valence-electron chi connectivity index (χ3n) is 3.42. The summed E-state index contributed by atoms with van der Waals surface area (Å²) in [5.41, 5.74) is 7.09. The van der Waals surface area contributed by atoms with Crippen LogP contribution in [0.25, 0.3) is 0 Å². The highest BCUT2D eigenvalue weighted by Crippen LogP contribution is 2.25. The molecular formula is C16H21N3. The van der Waals surface area contributed by atoms with Crippen LogP contribution in [0.3, 0.4) is 0 Å². The van der Waals surface area contributed by atoms with Crippen molar-refractivity contribution in [2.24, 2.45) is 11.7 Å². The third-order valence-corrected chi connectivity index (χ3v) is 3.42. The van der Waals surface area contributed by atoms with E-state index in [2.05, 4.69) is 6.07 Å². The van der Waals surface area contributed by atoms with E-state index in [1.54, 1.807) is 12.1 Å². The van der Waals surface area contributed by atoms with Crippen molar-refractivity contribution in [2.75, 3.05) is 0 Å². The highest BCUT2D eigenvalue weighted by Gasteiger charge is 2.11. The summed E-state index contributed by atoms with van der Waals surface area (Å²) >= 11 is 0. The van der Waals surface area contributed by atoms with E-state index < -0.39 is 0 Å². The van der Waals surface area contributed by atoms with Gasteiger partial charge in [0.05, 0.1) is 17.7 Å². The van der Waals surface area contributed by atoms with Crippen LogP contribution in [0.2, 0.25) is 0 Å². The summed E-state index contributed by atoms with van der Waals surface area (Å²) in [4.78, 5) is 0. The van der Waals surface area contributed by atoms with Crippen molar-refractivity contribution in [3.63, 3.8) is 0 Å². The summed E-state index contributed by atoms with van der Waals surface area (Å²) in [5.74, 6) is 0.740. The lowest BCUT2D eigenvalue weighted by atomic mass is 9.87. The Kier molecular flexibility index (Phi) is 7.32. The van der Waals surface area contributed by atoms with Crippen molar-refractivity contribution in [1.29, 1.82) is 10.5 Å². The quantitative estimate of drug-likeness (QED) is 0.879. The lowest BCUT2D eigenvalue weighted by Crippen LogP contribution is -2.04. The van der Waals surface area contributed by atoms with E-state index in [1.165, 1.54) is 32.1 Å². The zero-order valence-corrected chi connectivity index (χ0v) is 11.3. The monoisotopic (exact) mass is 255 g/mol. The third kappa shape index (κ3) is 6.04. The Bertz CT molecular complexity index is 431. The van der Waals surface area contributed by atoms with Gasteiger partial charge >= 0.3 is 0 Å². The maximum atomic E-state index is 8.42. The van der Waals surface area contributed by atoms with Crippen LogP contribution in [0.4, 0.5) is 0 Å². The molecule has 3 heteroatoms. The van der Waals surface area contributed by atoms with Gasteiger partial charge in [-0.25, -0.2) is 0 Å². The maximum Gasteiger partial charge on any atom is 0.0991 e. The zero-order chi connectivity index (χ0) is 13.9. The van der Waals surface area contributed by atoms with E-state index in [1.807, 2.05) is 18.2 Å². The Morgan fingerprint density at radius 2 is 1.68 bits per heavy atom. The topological polar surface area (TPSA) is 73.6 Å². The van der Waals surface area contributed by atoms with Gasteiger partial charge in [-0.2, -0.15) is 10.5 Å². The minimum Gasteiger partial charge on any atom is -0.326 e. The fourth-order valence-electron chi connectivity index (χ4n) is 2.24. The van der Waals surface area contributed by atoms with E-state index in [9.17, 15) is 0 Å². The molecule has 2 N–H and O–H groups in total. The molecule has 1 aliphatic rings. The molecule has 0 aliphatic heterocycles. The number of nitrogens with two attached hydrogens (primary N) is 1. The lowest BCUT2D eigenvalue weighted by molar-refractivity contribution is 0.364. The average Bonchev–Trinajstić information content (AvgIpc) is 2.49. The van der Waals surface area contributed by atoms with Gasteiger partial charge in [0.15, 0.2) is 0 Å². The van der Waals surface area contributed by atoms with E-state index >= 15 is 0 Å². The Hall–Kier alpha value is -1.84. The van der Waals surface area contributed by atoms with Crippen LogP contribution in [0.15, 0.2) is 24.3 Å². The summed E-state index contributed by atoms with van der Waals surface area (Å²) < 4.78 is 0. The van der Waals surface area contributed by atoms with E-state index in [4.69, 9.17) is 16.3 Å². The van der Waals surface area contributed by atoms with E-state index in [0.717, 1.165) is 17.9 Å². The summed E-state index contributed by atoms with van der Waals surface area (Å²) in [6.07, 6.45) is 7.49. The van der Waals surface area contributed by atoms with Crippen LogP contribution in [-0.2, 0) is 6.54 Å². The summed E-state index contributed by atoms with van der Waals surface area (Å²) in [7, 11) is 0. The molecule has 0 unspecified atom stereocenters. The fraction of sp³-hybridized carbons (Fsp3) is 0.500.